The predicted molar refractivity (Wildman–Crippen MR) is 80.5 cm³/mol. The highest BCUT2D eigenvalue weighted by Crippen LogP contribution is 2.29. The van der Waals surface area contributed by atoms with Crippen LogP contribution in [0.15, 0.2) is 22.7 Å². The van der Waals surface area contributed by atoms with Gasteiger partial charge in [0.1, 0.15) is 5.15 Å². The maximum atomic E-state index is 10.4. The number of hydrogen-bond acceptors (Lipinski definition) is 2. The number of nitrogens with zero attached hydrogens (tertiary/aromatic N) is 2. The van der Waals surface area contributed by atoms with E-state index in [1.807, 2.05) is 32.0 Å². The van der Waals surface area contributed by atoms with Gasteiger partial charge in [-0.3, -0.25) is 4.68 Å². The molecule has 0 bridgehead atoms. The maximum Gasteiger partial charge on any atom is 0.130 e. The maximum absolute atomic E-state index is 10.4. The van der Waals surface area contributed by atoms with Crippen LogP contribution >= 0.6 is 27.5 Å². The van der Waals surface area contributed by atoms with Crippen molar-refractivity contribution in [1.82, 2.24) is 9.78 Å². The molecule has 0 radical (unpaired) electrons. The van der Waals surface area contributed by atoms with Gasteiger partial charge in [0.15, 0.2) is 0 Å². The number of aromatic nitrogens is 2. The Kier molecular flexibility index (Phi) is 4.33. The van der Waals surface area contributed by atoms with E-state index in [2.05, 4.69) is 21.0 Å². The molecule has 5 heteroatoms. The van der Waals surface area contributed by atoms with Gasteiger partial charge in [-0.2, -0.15) is 5.10 Å². The molecule has 102 valence electrons. The number of halogens is 2. The van der Waals surface area contributed by atoms with E-state index in [0.29, 0.717) is 11.6 Å². The fraction of sp³-hybridized carbons (Fsp3) is 0.357. The first-order valence-corrected chi connectivity index (χ1v) is 7.20. The number of aryl methyl sites for hydroxylation is 2. The zero-order valence-electron chi connectivity index (χ0n) is 11.1. The summed E-state index contributed by atoms with van der Waals surface area (Å²) in [4.78, 5) is 0. The predicted octanol–water partition coefficient (Wildman–Crippen LogP) is 3.73. The van der Waals surface area contributed by atoms with Gasteiger partial charge in [-0.25, -0.2) is 0 Å². The summed E-state index contributed by atoms with van der Waals surface area (Å²) in [6.07, 6.45) is -0.117. The molecule has 1 atom stereocenters. The van der Waals surface area contributed by atoms with Crippen LogP contribution < -0.4 is 0 Å². The summed E-state index contributed by atoms with van der Waals surface area (Å²) in [7, 11) is 1.80. The summed E-state index contributed by atoms with van der Waals surface area (Å²) in [5, 5.41) is 15.3. The molecule has 0 saturated carbocycles. The van der Waals surface area contributed by atoms with Crippen molar-refractivity contribution in [3.63, 3.8) is 0 Å². The molecule has 0 spiro atoms. The van der Waals surface area contributed by atoms with E-state index in [9.17, 15) is 5.11 Å². The molecule has 1 unspecified atom stereocenters. The lowest BCUT2D eigenvalue weighted by atomic mass is 9.98. The van der Waals surface area contributed by atoms with E-state index in [-0.39, 0.29) is 0 Å². The van der Waals surface area contributed by atoms with Crippen LogP contribution in [0.2, 0.25) is 5.15 Å². The number of benzene rings is 1. The molecule has 0 saturated heterocycles. The van der Waals surface area contributed by atoms with Gasteiger partial charge in [-0.15, -0.1) is 0 Å². The highest BCUT2D eigenvalue weighted by Gasteiger charge is 2.18. The first kappa shape index (κ1) is 14.6. The summed E-state index contributed by atoms with van der Waals surface area (Å²) in [6, 6.07) is 5.82. The Morgan fingerprint density at radius 3 is 2.68 bits per heavy atom. The minimum atomic E-state index is -0.585. The molecular formula is C14H16BrClN2O. The molecule has 2 rings (SSSR count). The summed E-state index contributed by atoms with van der Waals surface area (Å²) in [5.74, 6) is 0. The number of aliphatic hydroxyl groups excluding tert-OH is 1. The van der Waals surface area contributed by atoms with Gasteiger partial charge in [-0.1, -0.05) is 39.7 Å². The van der Waals surface area contributed by atoms with Crippen LogP contribution in [-0.4, -0.2) is 14.9 Å². The second kappa shape index (κ2) is 5.65. The first-order valence-electron chi connectivity index (χ1n) is 6.03. The molecular weight excluding hydrogens is 328 g/mol. The third kappa shape index (κ3) is 2.86. The molecule has 0 aliphatic carbocycles. The molecule has 1 N–H and O–H groups in total. The van der Waals surface area contributed by atoms with Crippen molar-refractivity contribution in [1.29, 1.82) is 0 Å². The fourth-order valence-electron chi connectivity index (χ4n) is 2.19. The van der Waals surface area contributed by atoms with Crippen LogP contribution in [0.4, 0.5) is 0 Å². The van der Waals surface area contributed by atoms with Crippen LogP contribution in [0, 0.1) is 13.8 Å². The molecule has 2 aromatic rings. The molecule has 1 heterocycles. The normalized spacial score (nSPS) is 12.7. The van der Waals surface area contributed by atoms with Crippen molar-refractivity contribution < 1.29 is 5.11 Å². The third-order valence-corrected chi connectivity index (χ3v) is 4.67. The smallest absolute Gasteiger partial charge is 0.130 e. The SMILES string of the molecule is Cc1nn(C)c(Cl)c1CC(O)c1cccc(Br)c1C. The van der Waals surface area contributed by atoms with Crippen LogP contribution in [0.25, 0.3) is 0 Å². The van der Waals surface area contributed by atoms with E-state index in [1.165, 1.54) is 0 Å². The average molecular weight is 344 g/mol. The third-order valence-electron chi connectivity index (χ3n) is 3.34. The zero-order chi connectivity index (χ0) is 14.2. The molecule has 1 aromatic heterocycles. The molecule has 0 aliphatic rings. The molecule has 19 heavy (non-hydrogen) atoms. The minimum absolute atomic E-state index is 0.468. The highest BCUT2D eigenvalue weighted by molar-refractivity contribution is 9.10. The Hall–Kier alpha value is -0.840. The first-order chi connectivity index (χ1) is 8.91. The van der Waals surface area contributed by atoms with Gasteiger partial charge >= 0.3 is 0 Å². The topological polar surface area (TPSA) is 38.0 Å². The Morgan fingerprint density at radius 1 is 1.42 bits per heavy atom. The van der Waals surface area contributed by atoms with Crippen LogP contribution in [0.3, 0.4) is 0 Å². The van der Waals surface area contributed by atoms with Gasteiger partial charge in [0.2, 0.25) is 0 Å². The van der Waals surface area contributed by atoms with E-state index in [1.54, 1.807) is 11.7 Å². The van der Waals surface area contributed by atoms with Gasteiger partial charge in [0, 0.05) is 23.5 Å². The van der Waals surface area contributed by atoms with Gasteiger partial charge in [0.25, 0.3) is 0 Å². The molecule has 1 aromatic carbocycles. The number of rotatable bonds is 3. The van der Waals surface area contributed by atoms with Crippen molar-refractivity contribution >= 4 is 27.5 Å². The lowest BCUT2D eigenvalue weighted by Crippen LogP contribution is -2.05. The minimum Gasteiger partial charge on any atom is -0.388 e. The molecule has 0 fully saturated rings. The quantitative estimate of drug-likeness (QED) is 0.922. The van der Waals surface area contributed by atoms with Crippen LogP contribution in [0.5, 0.6) is 0 Å². The molecule has 3 nitrogen and oxygen atoms in total. The number of hydrogen-bond donors (Lipinski definition) is 1. The van der Waals surface area contributed by atoms with Crippen molar-refractivity contribution in [2.75, 3.05) is 0 Å². The number of aliphatic hydroxyl groups is 1. The van der Waals surface area contributed by atoms with Crippen molar-refractivity contribution in [2.24, 2.45) is 7.05 Å². The van der Waals surface area contributed by atoms with Gasteiger partial charge in [0.05, 0.1) is 11.8 Å². The van der Waals surface area contributed by atoms with E-state index in [4.69, 9.17) is 11.6 Å². The van der Waals surface area contributed by atoms with Gasteiger partial charge < -0.3 is 5.11 Å². The molecule has 0 amide bonds. The van der Waals surface area contributed by atoms with Crippen molar-refractivity contribution in [3.05, 3.63) is 50.2 Å². The van der Waals surface area contributed by atoms with Crippen molar-refractivity contribution in [2.45, 2.75) is 26.4 Å². The van der Waals surface area contributed by atoms with Crippen LogP contribution in [-0.2, 0) is 13.5 Å². The summed E-state index contributed by atoms with van der Waals surface area (Å²) in [5.41, 5.74) is 3.72. The standard InChI is InChI=1S/C14H16BrClN2O/c1-8-10(5-4-6-12(8)15)13(19)7-11-9(2)17-18(3)14(11)16/h4-6,13,19H,7H2,1-3H3. The molecule has 0 aliphatic heterocycles. The monoisotopic (exact) mass is 342 g/mol. The Balaban J connectivity index is 2.31. The van der Waals surface area contributed by atoms with Crippen LogP contribution in [0.1, 0.15) is 28.5 Å². The van der Waals surface area contributed by atoms with E-state index in [0.717, 1.165) is 26.9 Å². The summed E-state index contributed by atoms with van der Waals surface area (Å²) in [6.45, 7) is 3.89. The zero-order valence-corrected chi connectivity index (χ0v) is 13.5. The second-order valence-electron chi connectivity index (χ2n) is 4.65. The lowest BCUT2D eigenvalue weighted by Gasteiger charge is -2.14. The van der Waals surface area contributed by atoms with Gasteiger partial charge in [-0.05, 0) is 31.0 Å². The Labute approximate surface area is 126 Å². The Bertz CT molecular complexity index is 610. The second-order valence-corrected chi connectivity index (χ2v) is 5.86. The average Bonchev–Trinajstić information content (AvgIpc) is 2.59. The van der Waals surface area contributed by atoms with E-state index < -0.39 is 6.10 Å². The van der Waals surface area contributed by atoms with Crippen molar-refractivity contribution in [3.8, 4) is 0 Å². The highest BCUT2D eigenvalue weighted by atomic mass is 79.9. The fourth-order valence-corrected chi connectivity index (χ4v) is 2.83. The largest absolute Gasteiger partial charge is 0.388 e. The summed E-state index contributed by atoms with van der Waals surface area (Å²) < 4.78 is 2.63. The lowest BCUT2D eigenvalue weighted by molar-refractivity contribution is 0.177. The summed E-state index contributed by atoms with van der Waals surface area (Å²) >= 11 is 9.68. The Morgan fingerprint density at radius 2 is 2.11 bits per heavy atom. The van der Waals surface area contributed by atoms with E-state index >= 15 is 0 Å².